The summed E-state index contributed by atoms with van der Waals surface area (Å²) in [5, 5.41) is 4.21. The molecule has 0 fully saturated rings. The van der Waals surface area contributed by atoms with E-state index in [1.165, 1.54) is 33.6 Å². The molecule has 1 amide bonds. The Bertz CT molecular complexity index is 1170. The van der Waals surface area contributed by atoms with Crippen LogP contribution in [0.1, 0.15) is 21.5 Å². The third-order valence-electron chi connectivity index (χ3n) is 4.61. The Morgan fingerprint density at radius 3 is 2.42 bits per heavy atom. The molecule has 3 aromatic rings. The van der Waals surface area contributed by atoms with E-state index in [0.29, 0.717) is 33.9 Å². The van der Waals surface area contributed by atoms with Crippen LogP contribution < -0.4 is 24.4 Å². The number of nitrogens with one attached hydrogen (secondary N) is 1. The summed E-state index contributed by atoms with van der Waals surface area (Å²) in [6.07, 6.45) is 1.41. The molecule has 0 radical (unpaired) electrons. The van der Waals surface area contributed by atoms with Crippen molar-refractivity contribution in [2.75, 3.05) is 21.3 Å². The van der Waals surface area contributed by atoms with Crippen LogP contribution in [0.25, 0.3) is 0 Å². The quantitative estimate of drug-likeness (QED) is 0.356. The number of hydrogen-bond acceptors (Lipinski definition) is 6. The lowest BCUT2D eigenvalue weighted by Gasteiger charge is -2.13. The molecule has 1 N–H and O–H groups in total. The Morgan fingerprint density at radius 1 is 1.00 bits per heavy atom. The predicted molar refractivity (Wildman–Crippen MR) is 123 cm³/mol. The lowest BCUT2D eigenvalue weighted by molar-refractivity contribution is 0.0954. The van der Waals surface area contributed by atoms with Gasteiger partial charge in [-0.2, -0.15) is 5.10 Å². The monoisotopic (exact) mass is 472 g/mol. The summed E-state index contributed by atoms with van der Waals surface area (Å²) in [4.78, 5) is 12.4. The van der Waals surface area contributed by atoms with Crippen molar-refractivity contribution in [2.24, 2.45) is 5.10 Å². The van der Waals surface area contributed by atoms with Gasteiger partial charge in [0.2, 0.25) is 0 Å². The standard InChI is InChI=1S/C24H22ClFN2O5/c1-30-20-9-8-16(12-21(20)31-2)24(29)28-27-13-15-10-18(25)23(22(11-15)32-3)33-14-17-6-4-5-7-19(17)26/h4-13H,14H2,1-3H3,(H,28,29)/b27-13+. The minimum absolute atomic E-state index is 0.0163. The summed E-state index contributed by atoms with van der Waals surface area (Å²) < 4.78 is 35.2. The van der Waals surface area contributed by atoms with Gasteiger partial charge in [-0.1, -0.05) is 29.8 Å². The average molecular weight is 473 g/mol. The van der Waals surface area contributed by atoms with Crippen LogP contribution in [-0.2, 0) is 6.61 Å². The number of hydrazone groups is 1. The van der Waals surface area contributed by atoms with Crippen LogP contribution in [0.4, 0.5) is 4.39 Å². The van der Waals surface area contributed by atoms with Crippen molar-refractivity contribution < 1.29 is 28.1 Å². The third kappa shape index (κ3) is 5.93. The summed E-state index contributed by atoms with van der Waals surface area (Å²) in [7, 11) is 4.46. The molecular formula is C24H22ClFN2O5. The van der Waals surface area contributed by atoms with Crippen LogP contribution in [0, 0.1) is 5.82 Å². The second-order valence-electron chi connectivity index (χ2n) is 6.68. The summed E-state index contributed by atoms with van der Waals surface area (Å²) in [6, 6.07) is 14.3. The highest BCUT2D eigenvalue weighted by molar-refractivity contribution is 6.32. The molecule has 0 heterocycles. The Kier molecular flexibility index (Phi) is 8.10. The van der Waals surface area contributed by atoms with Gasteiger partial charge in [-0.3, -0.25) is 4.79 Å². The van der Waals surface area contributed by atoms with E-state index < -0.39 is 5.91 Å². The normalized spacial score (nSPS) is 10.7. The summed E-state index contributed by atoms with van der Waals surface area (Å²) in [5.74, 6) is 0.741. The number of rotatable bonds is 9. The van der Waals surface area contributed by atoms with Gasteiger partial charge in [-0.25, -0.2) is 9.82 Å². The summed E-state index contributed by atoms with van der Waals surface area (Å²) in [5.41, 5.74) is 3.73. The van der Waals surface area contributed by atoms with Crippen molar-refractivity contribution in [3.63, 3.8) is 0 Å². The van der Waals surface area contributed by atoms with Crippen LogP contribution in [-0.4, -0.2) is 33.5 Å². The molecule has 0 aromatic heterocycles. The number of ether oxygens (including phenoxy) is 4. The number of carbonyl (C=O) groups excluding carboxylic acids is 1. The fourth-order valence-corrected chi connectivity index (χ4v) is 3.20. The highest BCUT2D eigenvalue weighted by atomic mass is 35.5. The van der Waals surface area contributed by atoms with Crippen LogP contribution in [0.5, 0.6) is 23.0 Å². The molecule has 7 nitrogen and oxygen atoms in total. The summed E-state index contributed by atoms with van der Waals surface area (Å²) in [6.45, 7) is -0.0163. The Hall–Kier alpha value is -3.78. The van der Waals surface area contributed by atoms with E-state index in [2.05, 4.69) is 10.5 Å². The number of carbonyl (C=O) groups is 1. The maximum absolute atomic E-state index is 13.8. The molecule has 172 valence electrons. The Morgan fingerprint density at radius 2 is 1.73 bits per heavy atom. The first-order valence-corrected chi connectivity index (χ1v) is 10.1. The lowest BCUT2D eigenvalue weighted by atomic mass is 10.2. The molecule has 0 saturated carbocycles. The van der Waals surface area contributed by atoms with Crippen molar-refractivity contribution in [1.29, 1.82) is 0 Å². The molecule has 0 saturated heterocycles. The molecule has 0 bridgehead atoms. The van der Waals surface area contributed by atoms with Gasteiger partial charge in [0.15, 0.2) is 23.0 Å². The molecule has 3 rings (SSSR count). The highest BCUT2D eigenvalue weighted by Crippen LogP contribution is 2.36. The predicted octanol–water partition coefficient (Wildman–Crippen LogP) is 4.85. The maximum Gasteiger partial charge on any atom is 0.271 e. The molecule has 33 heavy (non-hydrogen) atoms. The van der Waals surface area contributed by atoms with Gasteiger partial charge >= 0.3 is 0 Å². The first-order chi connectivity index (χ1) is 16.0. The van der Waals surface area contributed by atoms with Crippen molar-refractivity contribution in [2.45, 2.75) is 6.61 Å². The number of halogens is 2. The number of hydrogen-bond donors (Lipinski definition) is 1. The van der Waals surface area contributed by atoms with Crippen molar-refractivity contribution in [3.8, 4) is 23.0 Å². The smallest absolute Gasteiger partial charge is 0.271 e. The van der Waals surface area contributed by atoms with E-state index in [4.69, 9.17) is 30.5 Å². The average Bonchev–Trinajstić information content (AvgIpc) is 2.83. The van der Waals surface area contributed by atoms with Crippen LogP contribution in [0.3, 0.4) is 0 Å². The Labute approximate surface area is 195 Å². The molecule has 0 spiro atoms. The van der Waals surface area contributed by atoms with Crippen molar-refractivity contribution >= 4 is 23.7 Å². The molecule has 0 atom stereocenters. The molecule has 0 aliphatic heterocycles. The zero-order valence-electron chi connectivity index (χ0n) is 18.2. The van der Waals surface area contributed by atoms with E-state index in [0.717, 1.165) is 0 Å². The fourth-order valence-electron chi connectivity index (χ4n) is 2.93. The van der Waals surface area contributed by atoms with Gasteiger partial charge in [-0.05, 0) is 42.0 Å². The molecule has 0 aliphatic carbocycles. The number of amides is 1. The van der Waals surface area contributed by atoms with Gasteiger partial charge in [0.05, 0.1) is 32.6 Å². The third-order valence-corrected chi connectivity index (χ3v) is 4.89. The Balaban J connectivity index is 1.70. The SMILES string of the molecule is COc1ccc(C(=O)N/N=C/c2cc(Cl)c(OCc3ccccc3F)c(OC)c2)cc1OC. The summed E-state index contributed by atoms with van der Waals surface area (Å²) >= 11 is 6.35. The molecule has 3 aromatic carbocycles. The van der Waals surface area contributed by atoms with Crippen molar-refractivity contribution in [1.82, 2.24) is 5.43 Å². The van der Waals surface area contributed by atoms with Gasteiger partial charge in [0.1, 0.15) is 12.4 Å². The van der Waals surface area contributed by atoms with Crippen molar-refractivity contribution in [3.05, 3.63) is 82.1 Å². The topological polar surface area (TPSA) is 78.4 Å². The van der Waals surface area contributed by atoms with Crippen LogP contribution in [0.2, 0.25) is 5.02 Å². The van der Waals surface area contributed by atoms with Crippen LogP contribution >= 0.6 is 11.6 Å². The molecule has 0 unspecified atom stereocenters. The van der Waals surface area contributed by atoms with Gasteiger partial charge < -0.3 is 18.9 Å². The highest BCUT2D eigenvalue weighted by Gasteiger charge is 2.14. The largest absolute Gasteiger partial charge is 0.493 e. The number of nitrogens with zero attached hydrogens (tertiary/aromatic N) is 1. The second-order valence-corrected chi connectivity index (χ2v) is 7.09. The molecule has 9 heteroatoms. The zero-order valence-corrected chi connectivity index (χ0v) is 19.0. The van der Waals surface area contributed by atoms with Gasteiger partial charge in [0.25, 0.3) is 5.91 Å². The van der Waals surface area contributed by atoms with Crippen LogP contribution in [0.15, 0.2) is 59.7 Å². The van der Waals surface area contributed by atoms with Gasteiger partial charge in [-0.15, -0.1) is 0 Å². The maximum atomic E-state index is 13.8. The van der Waals surface area contributed by atoms with Gasteiger partial charge in [0, 0.05) is 11.1 Å². The van der Waals surface area contributed by atoms with E-state index in [1.807, 2.05) is 0 Å². The van der Waals surface area contributed by atoms with E-state index in [-0.39, 0.29) is 23.2 Å². The number of benzene rings is 3. The minimum atomic E-state index is -0.435. The molecular weight excluding hydrogens is 451 g/mol. The first-order valence-electron chi connectivity index (χ1n) is 9.76. The van der Waals surface area contributed by atoms with E-state index >= 15 is 0 Å². The van der Waals surface area contributed by atoms with E-state index in [9.17, 15) is 9.18 Å². The second kappa shape index (κ2) is 11.2. The van der Waals surface area contributed by atoms with E-state index in [1.54, 1.807) is 48.5 Å². The number of methoxy groups -OCH3 is 3. The minimum Gasteiger partial charge on any atom is -0.493 e. The lowest BCUT2D eigenvalue weighted by Crippen LogP contribution is -2.17. The molecule has 0 aliphatic rings. The first kappa shape index (κ1) is 23.9. The zero-order chi connectivity index (χ0) is 23.8. The fraction of sp³-hybridized carbons (Fsp3) is 0.167.